The van der Waals surface area contributed by atoms with Crippen LogP contribution in [0.15, 0.2) is 5.16 Å². The quantitative estimate of drug-likeness (QED) is 0.882. The molecule has 1 fully saturated rings. The molecule has 0 bridgehead atoms. The van der Waals surface area contributed by atoms with Crippen molar-refractivity contribution in [2.45, 2.75) is 43.0 Å². The van der Waals surface area contributed by atoms with Gasteiger partial charge in [-0.2, -0.15) is 0 Å². The first kappa shape index (κ1) is 12.8. The van der Waals surface area contributed by atoms with E-state index in [0.29, 0.717) is 11.2 Å². The second-order valence-electron chi connectivity index (χ2n) is 4.82. The van der Waals surface area contributed by atoms with Crippen LogP contribution in [0.2, 0.25) is 0 Å². The van der Waals surface area contributed by atoms with Crippen LogP contribution in [-0.4, -0.2) is 32.0 Å². The van der Waals surface area contributed by atoms with Gasteiger partial charge in [-0.05, 0) is 41.6 Å². The molecule has 6 heteroatoms. The van der Waals surface area contributed by atoms with Crippen molar-refractivity contribution in [3.63, 3.8) is 0 Å². The molecular weight excluding hydrogens is 234 g/mol. The van der Waals surface area contributed by atoms with Crippen molar-refractivity contribution in [1.82, 2.24) is 20.2 Å². The summed E-state index contributed by atoms with van der Waals surface area (Å²) in [5.41, 5.74) is 5.88. The summed E-state index contributed by atoms with van der Waals surface area (Å²) in [6, 6.07) is 0. The summed E-state index contributed by atoms with van der Waals surface area (Å²) in [6.45, 7) is 3.05. The molecule has 1 heterocycles. The van der Waals surface area contributed by atoms with Crippen molar-refractivity contribution >= 4 is 11.8 Å². The molecule has 17 heavy (non-hydrogen) atoms. The summed E-state index contributed by atoms with van der Waals surface area (Å²) in [5.74, 6) is 1.45. The minimum absolute atomic E-state index is 0.573. The molecule has 1 aliphatic rings. The van der Waals surface area contributed by atoms with E-state index in [4.69, 9.17) is 5.73 Å². The van der Waals surface area contributed by atoms with Gasteiger partial charge in [-0.15, -0.1) is 5.10 Å². The maximum absolute atomic E-state index is 5.88. The van der Waals surface area contributed by atoms with Gasteiger partial charge in [-0.25, -0.2) is 4.68 Å². The summed E-state index contributed by atoms with van der Waals surface area (Å²) in [6.07, 6.45) is 5.09. The van der Waals surface area contributed by atoms with Crippen molar-refractivity contribution in [2.75, 3.05) is 6.54 Å². The Bertz CT molecular complexity index is 353. The molecule has 0 radical (unpaired) electrons. The molecule has 0 aliphatic heterocycles. The molecule has 3 atom stereocenters. The smallest absolute Gasteiger partial charge is 0.209 e. The van der Waals surface area contributed by atoms with Crippen LogP contribution >= 0.6 is 11.8 Å². The summed E-state index contributed by atoms with van der Waals surface area (Å²) >= 11 is 1.80. The van der Waals surface area contributed by atoms with E-state index in [9.17, 15) is 0 Å². The highest BCUT2D eigenvalue weighted by Crippen LogP contribution is 2.39. The van der Waals surface area contributed by atoms with Crippen LogP contribution in [0, 0.1) is 11.8 Å². The maximum atomic E-state index is 5.88. The SMILES string of the molecule is CCC1CCC(CN)C(Sc2nnnn2C)C1. The summed E-state index contributed by atoms with van der Waals surface area (Å²) in [4.78, 5) is 0. The molecule has 1 saturated carbocycles. The first-order valence-corrected chi connectivity index (χ1v) is 7.21. The van der Waals surface area contributed by atoms with Gasteiger partial charge in [0.25, 0.3) is 0 Å². The number of hydrogen-bond donors (Lipinski definition) is 1. The zero-order valence-corrected chi connectivity index (χ0v) is 11.4. The Balaban J connectivity index is 2.03. The number of thioether (sulfide) groups is 1. The number of rotatable bonds is 4. The van der Waals surface area contributed by atoms with Gasteiger partial charge in [-0.3, -0.25) is 0 Å². The predicted molar refractivity (Wildman–Crippen MR) is 68.6 cm³/mol. The molecule has 1 aromatic heterocycles. The third-order valence-electron chi connectivity index (χ3n) is 3.76. The molecule has 0 aromatic carbocycles. The lowest BCUT2D eigenvalue weighted by Gasteiger charge is -2.34. The molecule has 3 unspecified atom stereocenters. The highest BCUT2D eigenvalue weighted by Gasteiger charge is 2.30. The fourth-order valence-electron chi connectivity index (χ4n) is 2.52. The number of nitrogens with two attached hydrogens (primary N) is 1. The van der Waals surface area contributed by atoms with E-state index < -0.39 is 0 Å². The number of tetrazole rings is 1. The Hall–Kier alpha value is -0.620. The van der Waals surface area contributed by atoms with E-state index in [2.05, 4.69) is 22.4 Å². The third-order valence-corrected chi connectivity index (χ3v) is 5.19. The number of aromatic nitrogens is 4. The summed E-state index contributed by atoms with van der Waals surface area (Å²) < 4.78 is 1.74. The van der Waals surface area contributed by atoms with Crippen molar-refractivity contribution in [1.29, 1.82) is 0 Å². The Morgan fingerprint density at radius 1 is 1.47 bits per heavy atom. The fraction of sp³-hybridized carbons (Fsp3) is 0.909. The van der Waals surface area contributed by atoms with Crippen molar-refractivity contribution < 1.29 is 0 Å². The van der Waals surface area contributed by atoms with Crippen LogP contribution in [0.5, 0.6) is 0 Å². The molecule has 2 rings (SSSR count). The van der Waals surface area contributed by atoms with Crippen LogP contribution in [0.1, 0.15) is 32.6 Å². The van der Waals surface area contributed by atoms with Gasteiger partial charge in [0.05, 0.1) is 0 Å². The van der Waals surface area contributed by atoms with E-state index in [1.54, 1.807) is 16.4 Å². The highest BCUT2D eigenvalue weighted by atomic mass is 32.2. The second kappa shape index (κ2) is 5.82. The summed E-state index contributed by atoms with van der Waals surface area (Å²) in [5, 5.41) is 13.1. The van der Waals surface area contributed by atoms with Crippen molar-refractivity contribution in [2.24, 2.45) is 24.6 Å². The Kier molecular flexibility index (Phi) is 4.39. The minimum Gasteiger partial charge on any atom is -0.330 e. The van der Waals surface area contributed by atoms with Crippen LogP contribution in [0.4, 0.5) is 0 Å². The van der Waals surface area contributed by atoms with Gasteiger partial charge in [0.15, 0.2) is 0 Å². The first-order valence-electron chi connectivity index (χ1n) is 6.33. The van der Waals surface area contributed by atoms with E-state index >= 15 is 0 Å². The standard InChI is InChI=1S/C11H21N5S/c1-3-8-4-5-9(7-12)10(6-8)17-11-13-14-15-16(11)2/h8-10H,3-7,12H2,1-2H3. The van der Waals surface area contributed by atoms with Crippen LogP contribution in [0.3, 0.4) is 0 Å². The number of nitrogens with zero attached hydrogens (tertiary/aromatic N) is 4. The van der Waals surface area contributed by atoms with Crippen LogP contribution in [0.25, 0.3) is 0 Å². The average molecular weight is 255 g/mol. The molecule has 5 nitrogen and oxygen atoms in total. The van der Waals surface area contributed by atoms with Gasteiger partial charge in [0.1, 0.15) is 0 Å². The van der Waals surface area contributed by atoms with Gasteiger partial charge in [-0.1, -0.05) is 31.5 Å². The Morgan fingerprint density at radius 3 is 2.88 bits per heavy atom. The monoisotopic (exact) mass is 255 g/mol. The predicted octanol–water partition coefficient (Wildman–Crippen LogP) is 1.46. The number of hydrogen-bond acceptors (Lipinski definition) is 5. The summed E-state index contributed by atoms with van der Waals surface area (Å²) in [7, 11) is 1.89. The van der Waals surface area contributed by atoms with E-state index in [1.807, 2.05) is 7.05 Å². The lowest BCUT2D eigenvalue weighted by Crippen LogP contribution is -2.32. The Labute approximate surface area is 107 Å². The van der Waals surface area contributed by atoms with Crippen molar-refractivity contribution in [3.05, 3.63) is 0 Å². The van der Waals surface area contributed by atoms with Crippen molar-refractivity contribution in [3.8, 4) is 0 Å². The Morgan fingerprint density at radius 2 is 2.29 bits per heavy atom. The molecule has 2 N–H and O–H groups in total. The lowest BCUT2D eigenvalue weighted by atomic mass is 9.80. The van der Waals surface area contributed by atoms with Crippen LogP contribution < -0.4 is 5.73 Å². The van der Waals surface area contributed by atoms with Gasteiger partial charge in [0, 0.05) is 12.3 Å². The second-order valence-corrected chi connectivity index (χ2v) is 6.03. The maximum Gasteiger partial charge on any atom is 0.209 e. The van der Waals surface area contributed by atoms with Gasteiger partial charge < -0.3 is 5.73 Å². The van der Waals surface area contributed by atoms with Gasteiger partial charge >= 0.3 is 0 Å². The molecule has 0 spiro atoms. The zero-order chi connectivity index (χ0) is 12.3. The third kappa shape index (κ3) is 2.98. The largest absolute Gasteiger partial charge is 0.330 e. The fourth-order valence-corrected chi connectivity index (χ4v) is 3.87. The molecule has 0 saturated heterocycles. The highest BCUT2D eigenvalue weighted by molar-refractivity contribution is 7.99. The topological polar surface area (TPSA) is 69.6 Å². The minimum atomic E-state index is 0.573. The lowest BCUT2D eigenvalue weighted by molar-refractivity contribution is 0.283. The molecule has 96 valence electrons. The van der Waals surface area contributed by atoms with Gasteiger partial charge in [0.2, 0.25) is 5.16 Å². The average Bonchev–Trinajstić information content (AvgIpc) is 2.75. The number of aryl methyl sites for hydroxylation is 1. The van der Waals surface area contributed by atoms with E-state index in [0.717, 1.165) is 17.6 Å². The van der Waals surface area contributed by atoms with Crippen LogP contribution in [-0.2, 0) is 7.05 Å². The molecule has 0 amide bonds. The first-order chi connectivity index (χ1) is 8.24. The molecule has 1 aliphatic carbocycles. The molecule has 1 aromatic rings. The van der Waals surface area contributed by atoms with E-state index in [1.165, 1.54) is 25.7 Å². The van der Waals surface area contributed by atoms with E-state index in [-0.39, 0.29) is 0 Å². The molecular formula is C11H21N5S. The zero-order valence-electron chi connectivity index (χ0n) is 10.5. The normalized spacial score (nSPS) is 29.5.